The first-order chi connectivity index (χ1) is 10.1. The number of nitrogens with one attached hydrogen (secondary N) is 3. The monoisotopic (exact) mass is 312 g/mol. The molecule has 0 fully saturated rings. The zero-order valence-electron chi connectivity index (χ0n) is 12.3. The van der Waals surface area contributed by atoms with Gasteiger partial charge in [0.1, 0.15) is 5.82 Å². The van der Waals surface area contributed by atoms with Crippen molar-refractivity contribution < 1.29 is 9.59 Å². The number of pyridine rings is 1. The number of halogens is 1. The van der Waals surface area contributed by atoms with Crippen LogP contribution in [0.4, 0.5) is 5.82 Å². The highest BCUT2D eigenvalue weighted by Crippen LogP contribution is 2.17. The van der Waals surface area contributed by atoms with Gasteiger partial charge in [-0.25, -0.2) is 4.98 Å². The standard InChI is InChI=1S/C14H21ClN4O2/c1-3-6-17-12-8-10(11(15)9-19-12)14(21)18-7-5-13(20)16-4-2/h8-9H,3-7H2,1-2H3,(H,16,20)(H,17,19)(H,18,21). The van der Waals surface area contributed by atoms with Gasteiger partial charge in [-0.1, -0.05) is 18.5 Å². The van der Waals surface area contributed by atoms with Gasteiger partial charge in [0.25, 0.3) is 5.91 Å². The maximum Gasteiger partial charge on any atom is 0.253 e. The van der Waals surface area contributed by atoms with Gasteiger partial charge in [-0.2, -0.15) is 0 Å². The smallest absolute Gasteiger partial charge is 0.253 e. The lowest BCUT2D eigenvalue weighted by Crippen LogP contribution is -2.30. The van der Waals surface area contributed by atoms with Crippen molar-refractivity contribution in [2.75, 3.05) is 25.0 Å². The fourth-order valence-corrected chi connectivity index (χ4v) is 1.82. The molecule has 6 nitrogen and oxygen atoms in total. The van der Waals surface area contributed by atoms with E-state index < -0.39 is 0 Å². The molecular weight excluding hydrogens is 292 g/mol. The number of anilines is 1. The van der Waals surface area contributed by atoms with E-state index in [0.717, 1.165) is 13.0 Å². The van der Waals surface area contributed by atoms with Crippen molar-refractivity contribution in [2.24, 2.45) is 0 Å². The minimum atomic E-state index is -0.314. The molecule has 21 heavy (non-hydrogen) atoms. The van der Waals surface area contributed by atoms with Crippen molar-refractivity contribution in [2.45, 2.75) is 26.7 Å². The van der Waals surface area contributed by atoms with Gasteiger partial charge in [0.15, 0.2) is 0 Å². The molecule has 0 radical (unpaired) electrons. The molecule has 116 valence electrons. The Balaban J connectivity index is 2.58. The van der Waals surface area contributed by atoms with Crippen molar-refractivity contribution in [3.05, 3.63) is 22.8 Å². The van der Waals surface area contributed by atoms with Gasteiger partial charge < -0.3 is 16.0 Å². The molecule has 0 saturated carbocycles. The van der Waals surface area contributed by atoms with E-state index in [1.54, 1.807) is 6.07 Å². The molecule has 1 aromatic rings. The van der Waals surface area contributed by atoms with Crippen LogP contribution in [-0.4, -0.2) is 36.4 Å². The molecule has 0 bridgehead atoms. The van der Waals surface area contributed by atoms with Crippen molar-refractivity contribution in [1.29, 1.82) is 0 Å². The Hall–Kier alpha value is -1.82. The summed E-state index contributed by atoms with van der Waals surface area (Å²) >= 11 is 5.99. The summed E-state index contributed by atoms with van der Waals surface area (Å²) < 4.78 is 0. The van der Waals surface area contributed by atoms with Crippen LogP contribution < -0.4 is 16.0 Å². The summed E-state index contributed by atoms with van der Waals surface area (Å²) in [5, 5.41) is 8.72. The first kappa shape index (κ1) is 17.2. The summed E-state index contributed by atoms with van der Waals surface area (Å²) in [5.41, 5.74) is 0.348. The number of aromatic nitrogens is 1. The number of hydrogen-bond acceptors (Lipinski definition) is 4. The molecule has 2 amide bonds. The fraction of sp³-hybridized carbons (Fsp3) is 0.500. The van der Waals surface area contributed by atoms with Crippen LogP contribution in [0.3, 0.4) is 0 Å². The summed E-state index contributed by atoms with van der Waals surface area (Å²) in [5.74, 6) is 0.199. The Bertz CT molecular complexity index is 494. The Kier molecular flexibility index (Phi) is 7.53. The van der Waals surface area contributed by atoms with E-state index in [1.807, 2.05) is 13.8 Å². The Morgan fingerprint density at radius 3 is 2.67 bits per heavy atom. The summed E-state index contributed by atoms with van der Waals surface area (Å²) in [6, 6.07) is 1.61. The topological polar surface area (TPSA) is 83.1 Å². The number of amides is 2. The molecule has 0 aliphatic carbocycles. The molecule has 7 heteroatoms. The number of nitrogens with zero attached hydrogens (tertiary/aromatic N) is 1. The van der Waals surface area contributed by atoms with Gasteiger partial charge in [0.2, 0.25) is 5.91 Å². The van der Waals surface area contributed by atoms with Crippen molar-refractivity contribution >= 4 is 29.2 Å². The van der Waals surface area contributed by atoms with Gasteiger partial charge >= 0.3 is 0 Å². The van der Waals surface area contributed by atoms with Crippen LogP contribution >= 0.6 is 11.6 Å². The van der Waals surface area contributed by atoms with Crippen LogP contribution in [-0.2, 0) is 4.79 Å². The van der Waals surface area contributed by atoms with Crippen molar-refractivity contribution in [3.63, 3.8) is 0 Å². The summed E-state index contributed by atoms with van der Waals surface area (Å²) in [6.45, 7) is 5.50. The molecule has 0 aromatic carbocycles. The average molecular weight is 313 g/mol. The fourth-order valence-electron chi connectivity index (χ4n) is 1.63. The predicted molar refractivity (Wildman–Crippen MR) is 83.7 cm³/mol. The molecule has 0 unspecified atom stereocenters. The molecule has 0 saturated heterocycles. The Labute approximate surface area is 129 Å². The molecule has 0 aliphatic heterocycles. The normalized spacial score (nSPS) is 10.0. The highest BCUT2D eigenvalue weighted by Gasteiger charge is 2.12. The maximum atomic E-state index is 12.0. The lowest BCUT2D eigenvalue weighted by molar-refractivity contribution is -0.120. The van der Waals surface area contributed by atoms with E-state index >= 15 is 0 Å². The number of hydrogen-bond donors (Lipinski definition) is 3. The van der Waals surface area contributed by atoms with Crippen LogP contribution in [0.2, 0.25) is 5.02 Å². The van der Waals surface area contributed by atoms with Crippen molar-refractivity contribution in [3.8, 4) is 0 Å². The zero-order chi connectivity index (χ0) is 15.7. The van der Waals surface area contributed by atoms with E-state index in [-0.39, 0.29) is 29.8 Å². The van der Waals surface area contributed by atoms with E-state index in [1.165, 1.54) is 6.20 Å². The lowest BCUT2D eigenvalue weighted by Gasteiger charge is -2.09. The highest BCUT2D eigenvalue weighted by molar-refractivity contribution is 6.33. The second-order valence-corrected chi connectivity index (χ2v) is 4.84. The number of carbonyl (C=O) groups excluding carboxylic acids is 2. The van der Waals surface area contributed by atoms with Gasteiger partial charge in [0, 0.05) is 32.3 Å². The molecule has 1 rings (SSSR count). The van der Waals surface area contributed by atoms with Crippen LogP contribution in [0.1, 0.15) is 37.0 Å². The first-order valence-electron chi connectivity index (χ1n) is 7.02. The third-order valence-electron chi connectivity index (χ3n) is 2.67. The van der Waals surface area contributed by atoms with Crippen LogP contribution in [0.5, 0.6) is 0 Å². The maximum absolute atomic E-state index is 12.0. The van der Waals surface area contributed by atoms with Gasteiger partial charge in [-0.3, -0.25) is 9.59 Å². The van der Waals surface area contributed by atoms with E-state index in [2.05, 4.69) is 20.9 Å². The second kappa shape index (κ2) is 9.18. The molecular formula is C14H21ClN4O2. The van der Waals surface area contributed by atoms with Crippen LogP contribution in [0, 0.1) is 0 Å². The summed E-state index contributed by atoms with van der Waals surface area (Å²) in [7, 11) is 0. The van der Waals surface area contributed by atoms with E-state index in [9.17, 15) is 9.59 Å². The minimum absolute atomic E-state index is 0.0936. The third-order valence-corrected chi connectivity index (χ3v) is 2.97. The quantitative estimate of drug-likeness (QED) is 0.683. The molecule has 3 N–H and O–H groups in total. The first-order valence-corrected chi connectivity index (χ1v) is 7.40. The van der Waals surface area contributed by atoms with Gasteiger partial charge in [-0.15, -0.1) is 0 Å². The molecule has 0 atom stereocenters. The van der Waals surface area contributed by atoms with Gasteiger partial charge in [0.05, 0.1) is 10.6 Å². The molecule has 1 aromatic heterocycles. The molecule has 0 aliphatic rings. The van der Waals surface area contributed by atoms with Crippen LogP contribution in [0.15, 0.2) is 12.3 Å². The van der Waals surface area contributed by atoms with E-state index in [0.29, 0.717) is 17.9 Å². The molecule has 0 spiro atoms. The van der Waals surface area contributed by atoms with Gasteiger partial charge in [-0.05, 0) is 19.4 Å². The SMILES string of the molecule is CCCNc1cc(C(=O)NCCC(=O)NCC)c(Cl)cn1. The third kappa shape index (κ3) is 5.99. The second-order valence-electron chi connectivity index (χ2n) is 4.44. The highest BCUT2D eigenvalue weighted by atomic mass is 35.5. The number of rotatable bonds is 8. The van der Waals surface area contributed by atoms with Crippen molar-refractivity contribution in [1.82, 2.24) is 15.6 Å². The zero-order valence-corrected chi connectivity index (χ0v) is 13.1. The minimum Gasteiger partial charge on any atom is -0.370 e. The van der Waals surface area contributed by atoms with Crippen LogP contribution in [0.25, 0.3) is 0 Å². The Morgan fingerprint density at radius 2 is 2.00 bits per heavy atom. The molecule has 1 heterocycles. The lowest BCUT2D eigenvalue weighted by atomic mass is 10.2. The average Bonchev–Trinajstić information content (AvgIpc) is 2.46. The largest absolute Gasteiger partial charge is 0.370 e. The summed E-state index contributed by atoms with van der Waals surface area (Å²) in [4.78, 5) is 27.4. The summed E-state index contributed by atoms with van der Waals surface area (Å²) in [6.07, 6.45) is 2.64. The predicted octanol–water partition coefficient (Wildman–Crippen LogP) is 1.81. The van der Waals surface area contributed by atoms with E-state index in [4.69, 9.17) is 11.6 Å². The Morgan fingerprint density at radius 1 is 1.24 bits per heavy atom. The number of carbonyl (C=O) groups is 2.